The van der Waals surface area contributed by atoms with Crippen molar-refractivity contribution in [3.8, 4) is 12.1 Å². The Morgan fingerprint density at radius 1 is 1.39 bits per heavy atom. The van der Waals surface area contributed by atoms with Gasteiger partial charge in [-0.05, 0) is 12.1 Å². The number of esters is 1. The van der Waals surface area contributed by atoms with Crippen LogP contribution in [0.5, 0.6) is 0 Å². The van der Waals surface area contributed by atoms with Gasteiger partial charge >= 0.3 is 5.97 Å². The largest absolute Gasteiger partial charge is 0.465 e. The van der Waals surface area contributed by atoms with Gasteiger partial charge in [-0.15, -0.1) is 0 Å². The summed E-state index contributed by atoms with van der Waals surface area (Å²) in [5.74, 6) is -0.557. The van der Waals surface area contributed by atoms with Crippen LogP contribution in [-0.4, -0.2) is 26.2 Å². The molecule has 0 aliphatic rings. The van der Waals surface area contributed by atoms with E-state index in [2.05, 4.69) is 4.74 Å². The predicted octanol–water partition coefficient (Wildman–Crippen LogP) is 0.909. The van der Waals surface area contributed by atoms with Crippen LogP contribution in [0.3, 0.4) is 0 Å². The van der Waals surface area contributed by atoms with Crippen molar-refractivity contribution in [2.75, 3.05) is 30.8 Å². The molecule has 0 unspecified atom stereocenters. The van der Waals surface area contributed by atoms with Crippen LogP contribution in [0.1, 0.15) is 10.4 Å². The maximum atomic E-state index is 11.6. The molecule has 1 aromatic rings. The molecule has 0 saturated heterocycles. The third-order valence-corrected chi connectivity index (χ3v) is 2.31. The van der Waals surface area contributed by atoms with Gasteiger partial charge in [0.1, 0.15) is 13.1 Å². The lowest BCUT2D eigenvalue weighted by Gasteiger charge is -2.22. The molecule has 0 aliphatic heterocycles. The second-order valence-electron chi connectivity index (χ2n) is 3.41. The number of nitrogens with two attached hydrogens (primary N) is 1. The monoisotopic (exact) mass is 244 g/mol. The summed E-state index contributed by atoms with van der Waals surface area (Å²) in [6.45, 7) is -0.0719. The van der Waals surface area contributed by atoms with Crippen molar-refractivity contribution in [3.63, 3.8) is 0 Å². The molecule has 6 nitrogen and oxygen atoms in total. The molecule has 0 aliphatic carbocycles. The van der Waals surface area contributed by atoms with Gasteiger partial charge < -0.3 is 15.4 Å². The van der Waals surface area contributed by atoms with E-state index in [1.807, 2.05) is 12.1 Å². The summed E-state index contributed by atoms with van der Waals surface area (Å²) in [7, 11) is 1.26. The molecule has 0 atom stereocenters. The molecule has 0 bridgehead atoms. The summed E-state index contributed by atoms with van der Waals surface area (Å²) in [5, 5.41) is 17.5. The molecule has 1 rings (SSSR count). The Hall–Kier alpha value is -2.73. The number of methoxy groups -OCH3 is 1. The number of para-hydroxylation sites is 1. The van der Waals surface area contributed by atoms with Gasteiger partial charge in [0.25, 0.3) is 0 Å². The van der Waals surface area contributed by atoms with Gasteiger partial charge in [0.05, 0.1) is 36.2 Å². The quantitative estimate of drug-likeness (QED) is 0.479. The zero-order valence-corrected chi connectivity index (χ0v) is 9.88. The molecule has 0 radical (unpaired) electrons. The highest BCUT2D eigenvalue weighted by Crippen LogP contribution is 2.28. The van der Waals surface area contributed by atoms with E-state index in [9.17, 15) is 4.79 Å². The Morgan fingerprint density at radius 3 is 2.50 bits per heavy atom. The van der Waals surface area contributed by atoms with Gasteiger partial charge in [0, 0.05) is 0 Å². The van der Waals surface area contributed by atoms with Gasteiger partial charge in [0.15, 0.2) is 0 Å². The highest BCUT2D eigenvalue weighted by atomic mass is 16.5. The van der Waals surface area contributed by atoms with Crippen molar-refractivity contribution in [2.45, 2.75) is 0 Å². The van der Waals surface area contributed by atoms with Crippen LogP contribution in [0, 0.1) is 22.7 Å². The third-order valence-electron chi connectivity index (χ3n) is 2.31. The van der Waals surface area contributed by atoms with Crippen molar-refractivity contribution >= 4 is 17.3 Å². The van der Waals surface area contributed by atoms with Crippen LogP contribution in [0.2, 0.25) is 0 Å². The van der Waals surface area contributed by atoms with Gasteiger partial charge in [-0.2, -0.15) is 10.5 Å². The summed E-state index contributed by atoms with van der Waals surface area (Å²) in [4.78, 5) is 13.1. The van der Waals surface area contributed by atoms with E-state index in [1.165, 1.54) is 12.0 Å². The number of nitrogens with zero attached hydrogens (tertiary/aromatic N) is 3. The van der Waals surface area contributed by atoms with E-state index >= 15 is 0 Å². The number of benzene rings is 1. The van der Waals surface area contributed by atoms with Crippen LogP contribution in [0.25, 0.3) is 0 Å². The molecule has 0 amide bonds. The molecule has 2 N–H and O–H groups in total. The minimum atomic E-state index is -0.557. The van der Waals surface area contributed by atoms with E-state index < -0.39 is 5.97 Å². The average molecular weight is 244 g/mol. The smallest absolute Gasteiger partial charge is 0.340 e. The highest BCUT2D eigenvalue weighted by Gasteiger charge is 2.19. The van der Waals surface area contributed by atoms with E-state index in [-0.39, 0.29) is 18.7 Å². The summed E-state index contributed by atoms with van der Waals surface area (Å²) < 4.78 is 4.65. The molecular formula is C12H12N4O2. The number of carbonyl (C=O) groups is 1. The van der Waals surface area contributed by atoms with E-state index in [0.717, 1.165) is 0 Å². The van der Waals surface area contributed by atoms with E-state index in [0.29, 0.717) is 11.4 Å². The molecule has 18 heavy (non-hydrogen) atoms. The average Bonchev–Trinajstić information content (AvgIpc) is 2.37. The molecule has 0 heterocycles. The first-order valence-corrected chi connectivity index (χ1v) is 5.11. The lowest BCUT2D eigenvalue weighted by Crippen LogP contribution is -2.27. The maximum Gasteiger partial charge on any atom is 0.340 e. The van der Waals surface area contributed by atoms with E-state index in [4.69, 9.17) is 16.3 Å². The van der Waals surface area contributed by atoms with Gasteiger partial charge in [-0.25, -0.2) is 4.79 Å². The summed E-state index contributed by atoms with van der Waals surface area (Å²) >= 11 is 0. The molecule has 6 heteroatoms. The number of hydrogen-bond donors (Lipinski definition) is 1. The molecule has 92 valence electrons. The molecule has 0 saturated carbocycles. The minimum Gasteiger partial charge on any atom is -0.465 e. The molecule has 0 spiro atoms. The Kier molecular flexibility index (Phi) is 4.53. The number of nitrogen functional groups attached to an aromatic ring is 1. The minimum absolute atomic E-state index is 0.0359. The Morgan fingerprint density at radius 2 is 2.00 bits per heavy atom. The number of ether oxygens (including phenoxy) is 1. The zero-order chi connectivity index (χ0) is 13.5. The first-order valence-electron chi connectivity index (χ1n) is 5.11. The van der Waals surface area contributed by atoms with Gasteiger partial charge in [-0.3, -0.25) is 0 Å². The van der Waals surface area contributed by atoms with Gasteiger partial charge in [-0.1, -0.05) is 6.07 Å². The second kappa shape index (κ2) is 6.12. The third kappa shape index (κ3) is 2.69. The highest BCUT2D eigenvalue weighted by molar-refractivity contribution is 5.99. The lowest BCUT2D eigenvalue weighted by atomic mass is 10.1. The van der Waals surface area contributed by atoms with Crippen LogP contribution in [-0.2, 0) is 4.74 Å². The van der Waals surface area contributed by atoms with Crippen molar-refractivity contribution in [3.05, 3.63) is 23.8 Å². The number of rotatable bonds is 4. The second-order valence-corrected chi connectivity index (χ2v) is 3.41. The number of nitriles is 2. The Labute approximate surface area is 105 Å². The first kappa shape index (κ1) is 13.3. The number of carbonyl (C=O) groups excluding carboxylic acids is 1. The fraction of sp³-hybridized carbons (Fsp3) is 0.250. The topological polar surface area (TPSA) is 103 Å². The fourth-order valence-electron chi connectivity index (χ4n) is 1.57. The first-order chi connectivity index (χ1) is 8.65. The molecule has 1 aromatic carbocycles. The summed E-state index contributed by atoms with van der Waals surface area (Å²) in [6, 6.07) is 8.61. The van der Waals surface area contributed by atoms with Gasteiger partial charge in [0.2, 0.25) is 0 Å². The van der Waals surface area contributed by atoms with Crippen LogP contribution < -0.4 is 10.6 Å². The van der Waals surface area contributed by atoms with Crippen molar-refractivity contribution in [1.82, 2.24) is 0 Å². The SMILES string of the molecule is COC(=O)c1cccc(N)c1N(CC#N)CC#N. The number of hydrogen-bond acceptors (Lipinski definition) is 6. The molecular weight excluding hydrogens is 232 g/mol. The summed E-state index contributed by atoms with van der Waals surface area (Å²) in [5.41, 5.74) is 6.72. The van der Waals surface area contributed by atoms with Crippen molar-refractivity contribution in [2.24, 2.45) is 0 Å². The van der Waals surface area contributed by atoms with Crippen LogP contribution >= 0.6 is 0 Å². The molecule has 0 fully saturated rings. The van der Waals surface area contributed by atoms with Crippen molar-refractivity contribution in [1.29, 1.82) is 10.5 Å². The predicted molar refractivity (Wildman–Crippen MR) is 65.6 cm³/mol. The van der Waals surface area contributed by atoms with Crippen LogP contribution in [0.4, 0.5) is 11.4 Å². The lowest BCUT2D eigenvalue weighted by molar-refractivity contribution is 0.0601. The zero-order valence-electron chi connectivity index (χ0n) is 9.88. The van der Waals surface area contributed by atoms with Crippen LogP contribution in [0.15, 0.2) is 18.2 Å². The van der Waals surface area contributed by atoms with Crippen molar-refractivity contribution < 1.29 is 9.53 Å². The maximum absolute atomic E-state index is 11.6. The summed E-state index contributed by atoms with van der Waals surface area (Å²) in [6.07, 6.45) is 0. The number of anilines is 2. The fourth-order valence-corrected chi connectivity index (χ4v) is 1.57. The normalized spacial score (nSPS) is 9.06. The van der Waals surface area contributed by atoms with E-state index in [1.54, 1.807) is 18.2 Å². The Balaban J connectivity index is 3.32. The Bertz CT molecular complexity index is 512. The molecule has 0 aromatic heterocycles. The standard InChI is InChI=1S/C12H12N4O2/c1-18-12(17)9-3-2-4-10(15)11(9)16(7-5-13)8-6-14/h2-4H,7-8,15H2,1H3.